The van der Waals surface area contributed by atoms with Gasteiger partial charge in [0.15, 0.2) is 0 Å². The first-order valence-corrected chi connectivity index (χ1v) is 27.7. The summed E-state index contributed by atoms with van der Waals surface area (Å²) in [7, 11) is -4.21. The zero-order valence-electron chi connectivity index (χ0n) is 41.1. The van der Waals surface area contributed by atoms with E-state index in [1.807, 2.05) is 36.4 Å². The Labute approximate surface area is 383 Å². The van der Waals surface area contributed by atoms with Crippen LogP contribution in [0.3, 0.4) is 0 Å². The van der Waals surface area contributed by atoms with Gasteiger partial charge in [-0.1, -0.05) is 247 Å². The lowest BCUT2D eigenvalue weighted by Gasteiger charge is -2.24. The second-order valence-corrected chi connectivity index (χ2v) is 20.3. The third-order valence-electron chi connectivity index (χ3n) is 12.7. The minimum atomic E-state index is -4.21. The van der Waals surface area contributed by atoms with Gasteiger partial charge >= 0.3 is 7.82 Å². The van der Waals surface area contributed by atoms with Crippen LogP contribution in [-0.2, 0) is 23.8 Å². The predicted molar refractivity (Wildman–Crippen MR) is 270 cm³/mol. The van der Waals surface area contributed by atoms with Crippen molar-refractivity contribution < 1.29 is 18.1 Å². The first-order chi connectivity index (χ1) is 30.3. The number of aryl methyl sites for hydroxylation is 6. The lowest BCUT2D eigenvalue weighted by Crippen LogP contribution is -2.11. The largest absolute Gasteiger partial charge is 0.647 e. The van der Waals surface area contributed by atoms with Crippen LogP contribution in [0.15, 0.2) is 54.6 Å². The van der Waals surface area contributed by atoms with Crippen LogP contribution in [0.2, 0.25) is 0 Å². The summed E-state index contributed by atoms with van der Waals surface area (Å²) in [6, 6.07) is 18.6. The van der Waals surface area contributed by atoms with E-state index >= 15 is 4.57 Å². The van der Waals surface area contributed by atoms with Crippen LogP contribution in [0.5, 0.6) is 17.2 Å². The average Bonchev–Trinajstić information content (AvgIpc) is 3.25. The van der Waals surface area contributed by atoms with Gasteiger partial charge < -0.3 is 13.6 Å². The molecule has 0 aliphatic heterocycles. The summed E-state index contributed by atoms with van der Waals surface area (Å²) >= 11 is 0. The van der Waals surface area contributed by atoms with Crippen LogP contribution >= 0.6 is 7.82 Å². The summed E-state index contributed by atoms with van der Waals surface area (Å²) in [6.07, 6.45) is 41.4. The summed E-state index contributed by atoms with van der Waals surface area (Å²) < 4.78 is 35.3. The molecule has 0 fully saturated rings. The second kappa shape index (κ2) is 33.8. The molecule has 0 unspecified atom stereocenters. The molecule has 0 aliphatic rings. The van der Waals surface area contributed by atoms with Crippen molar-refractivity contribution in [3.05, 3.63) is 88.0 Å². The van der Waals surface area contributed by atoms with Gasteiger partial charge in [-0.3, -0.25) is 0 Å². The lowest BCUT2D eigenvalue weighted by atomic mass is 10.0. The van der Waals surface area contributed by atoms with Crippen molar-refractivity contribution in [3.8, 4) is 17.2 Å². The minimum Gasteiger partial charge on any atom is -0.386 e. The Morgan fingerprint density at radius 3 is 0.758 bits per heavy atom. The fourth-order valence-electron chi connectivity index (χ4n) is 8.80. The molecule has 0 spiro atoms. The molecule has 0 heterocycles. The predicted octanol–water partition coefficient (Wildman–Crippen LogP) is 19.6. The lowest BCUT2D eigenvalue weighted by molar-refractivity contribution is 0.295. The molecule has 3 rings (SSSR count). The van der Waals surface area contributed by atoms with Crippen molar-refractivity contribution in [3.63, 3.8) is 0 Å². The van der Waals surface area contributed by atoms with E-state index in [1.165, 1.54) is 190 Å². The second-order valence-electron chi connectivity index (χ2n) is 18.9. The van der Waals surface area contributed by atoms with E-state index < -0.39 is 7.82 Å². The average molecular weight is 873 g/mol. The van der Waals surface area contributed by atoms with Crippen molar-refractivity contribution >= 4 is 7.82 Å². The molecule has 3 aromatic carbocycles. The Kier molecular flexibility index (Phi) is 29.2. The molecule has 0 aromatic heterocycles. The molecular weight excluding hydrogens is 780 g/mol. The number of hydrogen-bond acceptors (Lipinski definition) is 4. The Balaban J connectivity index is 1.76. The molecule has 4 nitrogen and oxygen atoms in total. The Morgan fingerprint density at radius 2 is 0.532 bits per heavy atom. The van der Waals surface area contributed by atoms with E-state index in [0.29, 0.717) is 17.2 Å². The molecule has 0 atom stereocenters. The number of rotatable bonds is 39. The molecule has 5 heteroatoms. The van der Waals surface area contributed by atoms with Crippen LogP contribution in [0.1, 0.15) is 247 Å². The van der Waals surface area contributed by atoms with E-state index in [0.717, 1.165) is 55.2 Å². The molecular formula is C57H93O4P. The Hall–Kier alpha value is -2.71. The van der Waals surface area contributed by atoms with E-state index in [-0.39, 0.29) is 0 Å². The van der Waals surface area contributed by atoms with Crippen molar-refractivity contribution in [2.24, 2.45) is 0 Å². The van der Waals surface area contributed by atoms with Gasteiger partial charge in [-0.2, -0.15) is 4.57 Å². The maximum absolute atomic E-state index is 15.4. The quantitative estimate of drug-likeness (QED) is 0.0423. The molecule has 0 aliphatic carbocycles. The summed E-state index contributed by atoms with van der Waals surface area (Å²) in [5, 5.41) is 0. The Bertz CT molecular complexity index is 1440. The summed E-state index contributed by atoms with van der Waals surface area (Å²) in [5.41, 5.74) is 6.73. The Morgan fingerprint density at radius 1 is 0.323 bits per heavy atom. The molecule has 0 radical (unpaired) electrons. The van der Waals surface area contributed by atoms with Gasteiger partial charge in [0.1, 0.15) is 17.2 Å². The number of phosphoric ester groups is 1. The van der Waals surface area contributed by atoms with Gasteiger partial charge in [-0.15, -0.1) is 0 Å². The SMILES string of the molecule is CCCCCCCCCCCCc1cc(C)ccc1OP(=O)(Oc1ccc(C)cc1CCCCCCCCCCCC)Oc1ccc(C)cc1CCCCCCCCCCCC. The van der Waals surface area contributed by atoms with E-state index in [1.54, 1.807) is 0 Å². The van der Waals surface area contributed by atoms with Crippen molar-refractivity contribution in [2.75, 3.05) is 0 Å². The standard InChI is InChI=1S/C57H93O4P/c1-7-10-13-16-19-22-25-28-31-34-37-52-46-49(4)40-43-55(52)59-62(58,60-56-44-41-50(5)47-53(56)38-35-32-29-26-23-20-17-14-11-8-2)61-57-45-42-51(6)48-54(57)39-36-33-30-27-24-21-18-15-12-9-3/h40-48H,7-39H2,1-6H3. The van der Waals surface area contributed by atoms with E-state index in [4.69, 9.17) is 13.6 Å². The molecule has 350 valence electrons. The summed E-state index contributed by atoms with van der Waals surface area (Å²) in [5.74, 6) is 1.80. The number of hydrogen-bond donors (Lipinski definition) is 0. The van der Waals surface area contributed by atoms with E-state index in [9.17, 15) is 0 Å². The summed E-state index contributed by atoms with van der Waals surface area (Å²) in [6.45, 7) is 13.2. The zero-order chi connectivity index (χ0) is 44.5. The monoisotopic (exact) mass is 873 g/mol. The van der Waals surface area contributed by atoms with Crippen LogP contribution in [-0.4, -0.2) is 0 Å². The third kappa shape index (κ3) is 23.8. The van der Waals surface area contributed by atoms with Gasteiger partial charge in [0.25, 0.3) is 0 Å². The molecule has 62 heavy (non-hydrogen) atoms. The molecule has 0 N–H and O–H groups in total. The number of unbranched alkanes of at least 4 members (excludes halogenated alkanes) is 27. The van der Waals surface area contributed by atoms with Gasteiger partial charge in [0.2, 0.25) is 0 Å². The topological polar surface area (TPSA) is 44.8 Å². The smallest absolute Gasteiger partial charge is 0.386 e. The number of benzene rings is 3. The highest BCUT2D eigenvalue weighted by molar-refractivity contribution is 7.49. The minimum absolute atomic E-state index is 0.599. The van der Waals surface area contributed by atoms with Crippen LogP contribution in [0.25, 0.3) is 0 Å². The maximum atomic E-state index is 15.4. The van der Waals surface area contributed by atoms with Gasteiger partial charge in [0, 0.05) is 0 Å². The van der Waals surface area contributed by atoms with Crippen LogP contribution < -0.4 is 13.6 Å². The van der Waals surface area contributed by atoms with Crippen molar-refractivity contribution in [2.45, 2.75) is 253 Å². The first kappa shape index (κ1) is 53.6. The van der Waals surface area contributed by atoms with E-state index in [2.05, 4.69) is 59.7 Å². The van der Waals surface area contributed by atoms with Crippen LogP contribution in [0, 0.1) is 20.8 Å². The molecule has 0 bridgehead atoms. The van der Waals surface area contributed by atoms with Gasteiger partial charge in [-0.05, 0) is 94.2 Å². The van der Waals surface area contributed by atoms with Gasteiger partial charge in [-0.25, -0.2) is 0 Å². The first-order valence-electron chi connectivity index (χ1n) is 26.2. The summed E-state index contributed by atoms with van der Waals surface area (Å²) in [4.78, 5) is 0. The third-order valence-corrected chi connectivity index (χ3v) is 13.9. The fourth-order valence-corrected chi connectivity index (χ4v) is 10.2. The highest BCUT2D eigenvalue weighted by atomic mass is 31.2. The highest BCUT2D eigenvalue weighted by Crippen LogP contribution is 2.52. The van der Waals surface area contributed by atoms with Gasteiger partial charge in [0.05, 0.1) is 0 Å². The normalized spacial score (nSPS) is 11.6. The molecule has 3 aromatic rings. The van der Waals surface area contributed by atoms with Crippen molar-refractivity contribution in [1.29, 1.82) is 0 Å². The maximum Gasteiger partial charge on any atom is 0.647 e. The molecule has 0 amide bonds. The zero-order valence-corrected chi connectivity index (χ0v) is 42.0. The molecule has 0 saturated heterocycles. The van der Waals surface area contributed by atoms with Crippen molar-refractivity contribution in [1.82, 2.24) is 0 Å². The highest BCUT2D eigenvalue weighted by Gasteiger charge is 2.35. The van der Waals surface area contributed by atoms with Crippen LogP contribution in [0.4, 0.5) is 0 Å². The molecule has 0 saturated carbocycles. The number of phosphoric acid groups is 1. The fraction of sp³-hybridized carbons (Fsp3) is 0.684.